The molecule has 3 heterocycles. The minimum Gasteiger partial charge on any atom is -0.494 e. The lowest BCUT2D eigenvalue weighted by atomic mass is 10.0. The lowest BCUT2D eigenvalue weighted by Gasteiger charge is -2.12. The summed E-state index contributed by atoms with van der Waals surface area (Å²) < 4.78 is 15.6. The van der Waals surface area contributed by atoms with Crippen LogP contribution in [-0.2, 0) is 0 Å². The van der Waals surface area contributed by atoms with Crippen LogP contribution in [0.1, 0.15) is 57.6 Å². The zero-order valence-electron chi connectivity index (χ0n) is 26.8. The highest BCUT2D eigenvalue weighted by Crippen LogP contribution is 2.29. The van der Waals surface area contributed by atoms with E-state index in [0.29, 0.717) is 34.4 Å². The smallest absolute Gasteiger partial charge is 0.291 e. The maximum Gasteiger partial charge on any atom is 0.291 e. The van der Waals surface area contributed by atoms with E-state index in [1.165, 1.54) is 35.1 Å². The molecule has 3 aromatic carbocycles. The topological polar surface area (TPSA) is 83.5 Å². The van der Waals surface area contributed by atoms with Gasteiger partial charge in [-0.2, -0.15) is 14.6 Å². The molecule has 46 heavy (non-hydrogen) atoms. The summed E-state index contributed by atoms with van der Waals surface area (Å²) in [7, 11) is 0. The van der Waals surface area contributed by atoms with Crippen molar-refractivity contribution in [2.75, 3.05) is 13.2 Å². The number of aromatic nitrogens is 5. The second-order valence-electron chi connectivity index (χ2n) is 11.9. The molecule has 9 heteroatoms. The van der Waals surface area contributed by atoms with Crippen LogP contribution in [0, 0.1) is 12.8 Å². The molecular formula is C37H39N5O3S. The number of thiazole rings is 1. The number of aryl methyl sites for hydroxylation is 1. The van der Waals surface area contributed by atoms with Gasteiger partial charge in [0.05, 0.1) is 23.4 Å². The Morgan fingerprint density at radius 2 is 1.70 bits per heavy atom. The molecule has 6 rings (SSSR count). The quantitative estimate of drug-likeness (QED) is 0.122. The molecule has 0 bridgehead atoms. The van der Waals surface area contributed by atoms with E-state index in [1.54, 1.807) is 0 Å². The number of para-hydroxylation sites is 1. The van der Waals surface area contributed by atoms with Crippen molar-refractivity contribution in [2.24, 2.45) is 5.92 Å². The molecule has 0 N–H and O–H groups in total. The average molecular weight is 634 g/mol. The monoisotopic (exact) mass is 633 g/mol. The molecular weight excluding hydrogens is 595 g/mol. The normalized spacial score (nSPS) is 12.0. The Hall–Kier alpha value is -4.76. The number of ether oxygens (including phenoxy) is 2. The van der Waals surface area contributed by atoms with Gasteiger partial charge in [-0.15, -0.1) is 5.10 Å². The first-order valence-electron chi connectivity index (χ1n) is 15.9. The number of hydrogen-bond donors (Lipinski definition) is 0. The first-order chi connectivity index (χ1) is 22.4. The summed E-state index contributed by atoms with van der Waals surface area (Å²) in [6, 6.07) is 23.8. The third-order valence-electron chi connectivity index (χ3n) is 7.63. The van der Waals surface area contributed by atoms with Crippen LogP contribution in [0.4, 0.5) is 0 Å². The van der Waals surface area contributed by atoms with Crippen LogP contribution >= 0.6 is 11.3 Å². The molecule has 0 fully saturated rings. The third kappa shape index (κ3) is 7.05. The van der Waals surface area contributed by atoms with Crippen molar-refractivity contribution in [3.05, 3.63) is 105 Å². The van der Waals surface area contributed by atoms with Crippen molar-refractivity contribution in [3.63, 3.8) is 0 Å². The molecule has 0 radical (unpaired) electrons. The zero-order chi connectivity index (χ0) is 32.0. The second kappa shape index (κ2) is 14.1. The fourth-order valence-electron chi connectivity index (χ4n) is 5.16. The lowest BCUT2D eigenvalue weighted by molar-refractivity contribution is 0.269. The maximum atomic E-state index is 13.6. The largest absolute Gasteiger partial charge is 0.494 e. The van der Waals surface area contributed by atoms with Crippen LogP contribution in [0.15, 0.2) is 83.8 Å². The average Bonchev–Trinajstić information content (AvgIpc) is 3.76. The predicted molar refractivity (Wildman–Crippen MR) is 185 cm³/mol. The number of nitrogens with zero attached hydrogens (tertiary/aromatic N) is 5. The number of rotatable bonds is 13. The molecule has 0 unspecified atom stereocenters. The molecule has 6 aromatic rings. The number of fused-ring (bicyclic) bond motifs is 1. The van der Waals surface area contributed by atoms with E-state index in [-0.39, 0.29) is 5.56 Å². The van der Waals surface area contributed by atoms with Gasteiger partial charge in [-0.05, 0) is 85.5 Å². The molecule has 0 aliphatic carbocycles. The number of benzene rings is 3. The summed E-state index contributed by atoms with van der Waals surface area (Å²) in [4.78, 5) is 18.8. The van der Waals surface area contributed by atoms with Gasteiger partial charge in [0, 0.05) is 22.9 Å². The number of unbranched alkanes of at least 4 members (excludes halogenated alkanes) is 3. The Bertz CT molecular complexity index is 2030. The van der Waals surface area contributed by atoms with E-state index >= 15 is 0 Å². The standard InChI is InChI=1S/C37H39N5O3S/c1-5-6-7-11-20-44-31-17-14-27(15-18-31)35-38-37-42(40-35)36(43)33(46-37)22-29-23-41(30-12-9-8-10-13-30)39-34(29)28-16-19-32(26(4)21-28)45-24-25(2)3/h8-10,12-19,21-23,25H,5-7,11,20,24H2,1-4H3/b33-22-. The lowest BCUT2D eigenvalue weighted by Crippen LogP contribution is -2.23. The summed E-state index contributed by atoms with van der Waals surface area (Å²) in [5, 5.41) is 9.52. The molecule has 0 atom stereocenters. The Labute approximate surface area is 273 Å². The first-order valence-corrected chi connectivity index (χ1v) is 16.7. The van der Waals surface area contributed by atoms with Gasteiger partial charge in [0.2, 0.25) is 4.96 Å². The van der Waals surface area contributed by atoms with Crippen LogP contribution in [0.5, 0.6) is 11.5 Å². The Balaban J connectivity index is 1.30. The van der Waals surface area contributed by atoms with Gasteiger partial charge in [0.15, 0.2) is 5.82 Å². The van der Waals surface area contributed by atoms with Gasteiger partial charge in [0.1, 0.15) is 17.2 Å². The summed E-state index contributed by atoms with van der Waals surface area (Å²) in [6.45, 7) is 9.87. The molecule has 0 amide bonds. The van der Waals surface area contributed by atoms with E-state index in [4.69, 9.17) is 19.6 Å². The Morgan fingerprint density at radius 1 is 0.913 bits per heavy atom. The molecule has 0 saturated heterocycles. The van der Waals surface area contributed by atoms with Crippen molar-refractivity contribution in [1.29, 1.82) is 0 Å². The molecule has 0 aliphatic heterocycles. The maximum absolute atomic E-state index is 13.6. The van der Waals surface area contributed by atoms with Crippen LogP contribution in [-0.4, -0.2) is 37.6 Å². The fourth-order valence-corrected chi connectivity index (χ4v) is 6.06. The third-order valence-corrected chi connectivity index (χ3v) is 8.59. The van der Waals surface area contributed by atoms with Gasteiger partial charge in [-0.3, -0.25) is 4.79 Å². The summed E-state index contributed by atoms with van der Waals surface area (Å²) in [6.07, 6.45) is 8.50. The van der Waals surface area contributed by atoms with Crippen molar-refractivity contribution in [3.8, 4) is 39.8 Å². The first kappa shape index (κ1) is 31.2. The van der Waals surface area contributed by atoms with E-state index in [2.05, 4.69) is 31.9 Å². The minimum atomic E-state index is -0.210. The van der Waals surface area contributed by atoms with Gasteiger partial charge in [-0.25, -0.2) is 4.68 Å². The highest BCUT2D eigenvalue weighted by molar-refractivity contribution is 7.15. The molecule has 236 valence electrons. The van der Waals surface area contributed by atoms with Crippen LogP contribution in [0.3, 0.4) is 0 Å². The molecule has 0 spiro atoms. The van der Waals surface area contributed by atoms with E-state index in [1.807, 2.05) is 90.6 Å². The van der Waals surface area contributed by atoms with Gasteiger partial charge < -0.3 is 9.47 Å². The summed E-state index contributed by atoms with van der Waals surface area (Å²) in [5.41, 5.74) is 5.12. The van der Waals surface area contributed by atoms with Crippen molar-refractivity contribution in [1.82, 2.24) is 24.4 Å². The second-order valence-corrected chi connectivity index (χ2v) is 12.9. The zero-order valence-corrected chi connectivity index (χ0v) is 27.6. The van der Waals surface area contributed by atoms with Gasteiger partial charge >= 0.3 is 0 Å². The minimum absolute atomic E-state index is 0.210. The summed E-state index contributed by atoms with van der Waals surface area (Å²) >= 11 is 1.32. The Kier molecular flexibility index (Phi) is 9.59. The van der Waals surface area contributed by atoms with Crippen molar-refractivity contribution in [2.45, 2.75) is 53.4 Å². The van der Waals surface area contributed by atoms with Gasteiger partial charge in [-0.1, -0.05) is 69.6 Å². The fraction of sp³-hybridized carbons (Fsp3) is 0.297. The predicted octanol–water partition coefficient (Wildman–Crippen LogP) is 7.52. The van der Waals surface area contributed by atoms with Crippen LogP contribution in [0.25, 0.3) is 39.4 Å². The molecule has 8 nitrogen and oxygen atoms in total. The van der Waals surface area contributed by atoms with E-state index in [0.717, 1.165) is 51.6 Å². The Morgan fingerprint density at radius 3 is 2.41 bits per heavy atom. The molecule has 0 aliphatic rings. The highest BCUT2D eigenvalue weighted by Gasteiger charge is 2.16. The van der Waals surface area contributed by atoms with E-state index < -0.39 is 0 Å². The summed E-state index contributed by atoms with van der Waals surface area (Å²) in [5.74, 6) is 2.63. The van der Waals surface area contributed by atoms with Crippen LogP contribution < -0.4 is 19.6 Å². The van der Waals surface area contributed by atoms with Crippen molar-refractivity contribution < 1.29 is 9.47 Å². The molecule has 0 saturated carbocycles. The van der Waals surface area contributed by atoms with Gasteiger partial charge in [0.25, 0.3) is 5.56 Å². The molecule has 3 aromatic heterocycles. The van der Waals surface area contributed by atoms with Crippen molar-refractivity contribution >= 4 is 22.4 Å². The van der Waals surface area contributed by atoms with E-state index in [9.17, 15) is 4.79 Å². The SMILES string of the molecule is CCCCCCOc1ccc(-c2nc3s/c(=C\c4cn(-c5ccccc5)nc4-c4ccc(OCC(C)C)c(C)c4)c(=O)n3n2)cc1. The number of hydrogen-bond acceptors (Lipinski definition) is 7. The van der Waals surface area contributed by atoms with Crippen LogP contribution in [0.2, 0.25) is 0 Å². The highest BCUT2D eigenvalue weighted by atomic mass is 32.1.